The van der Waals surface area contributed by atoms with E-state index in [2.05, 4.69) is 9.88 Å². The second-order valence-corrected chi connectivity index (χ2v) is 9.05. The predicted molar refractivity (Wildman–Crippen MR) is 137 cm³/mol. The van der Waals surface area contributed by atoms with E-state index in [0.717, 1.165) is 23.6 Å². The second-order valence-electron chi connectivity index (χ2n) is 9.05. The number of hydrogen-bond acceptors (Lipinski definition) is 7. The minimum absolute atomic E-state index is 0.217. The zero-order valence-electron chi connectivity index (χ0n) is 20.6. The molecule has 3 aromatic rings. The van der Waals surface area contributed by atoms with E-state index in [1.807, 2.05) is 29.2 Å². The summed E-state index contributed by atoms with van der Waals surface area (Å²) in [5.74, 6) is 0.0875. The zero-order chi connectivity index (χ0) is 26.9. The number of nitrogens with zero attached hydrogens (tertiary/aromatic N) is 5. The van der Waals surface area contributed by atoms with Crippen LogP contribution in [0.25, 0.3) is 0 Å². The number of aliphatic carboxylic acids is 1. The molecule has 1 aromatic heterocycles. The monoisotopic (exact) mass is 525 g/mol. The van der Waals surface area contributed by atoms with Crippen LogP contribution >= 0.6 is 0 Å². The molecule has 1 saturated heterocycles. The van der Waals surface area contributed by atoms with Crippen molar-refractivity contribution in [2.24, 2.45) is 4.99 Å². The Labute approximate surface area is 217 Å². The molecule has 5 rings (SSSR count). The van der Waals surface area contributed by atoms with Crippen molar-refractivity contribution in [2.75, 3.05) is 43.1 Å². The summed E-state index contributed by atoms with van der Waals surface area (Å²) in [6.07, 6.45) is -1.78. The van der Waals surface area contributed by atoms with Crippen LogP contribution in [-0.2, 0) is 11.0 Å². The Hall–Kier alpha value is -4.28. The number of carboxylic acid groups (broad SMARTS) is 1. The third-order valence-corrected chi connectivity index (χ3v) is 6.74. The van der Waals surface area contributed by atoms with Crippen LogP contribution in [0.4, 0.5) is 30.2 Å². The third kappa shape index (κ3) is 5.09. The molecule has 8 nitrogen and oxygen atoms in total. The number of anilines is 2. The Kier molecular flexibility index (Phi) is 6.83. The Morgan fingerprint density at radius 1 is 1.03 bits per heavy atom. The molecule has 11 heteroatoms. The van der Waals surface area contributed by atoms with Crippen LogP contribution in [0.15, 0.2) is 72.0 Å². The Balaban J connectivity index is 1.52. The fraction of sp³-hybridized carbons (Fsp3) is 0.296. The van der Waals surface area contributed by atoms with Crippen LogP contribution in [0.3, 0.4) is 0 Å². The van der Waals surface area contributed by atoms with E-state index in [-0.39, 0.29) is 12.1 Å². The van der Waals surface area contributed by atoms with Gasteiger partial charge >= 0.3 is 12.1 Å². The Bertz CT molecular complexity index is 1360. The molecule has 1 atom stereocenters. The van der Waals surface area contributed by atoms with Gasteiger partial charge in [0.1, 0.15) is 5.75 Å². The summed E-state index contributed by atoms with van der Waals surface area (Å²) in [4.78, 5) is 26.7. The van der Waals surface area contributed by atoms with Crippen molar-refractivity contribution in [2.45, 2.75) is 18.6 Å². The van der Waals surface area contributed by atoms with Gasteiger partial charge in [-0.1, -0.05) is 12.1 Å². The average Bonchev–Trinajstić information content (AvgIpc) is 2.92. The van der Waals surface area contributed by atoms with Crippen LogP contribution in [0.1, 0.15) is 23.6 Å². The standard InChI is InChI=1S/C27H26F3N5O3/c1-38-21-7-3-5-19(15-21)33-10-12-34(13-11-33)26-32-23-8-9-31-17-22(23)24(16-25(36)37)35(26)20-6-2-4-18(14-20)27(28,29)30/h2-9,14-15,17,24H,10-13,16H2,1H3,(H,36,37). The highest BCUT2D eigenvalue weighted by Crippen LogP contribution is 2.41. The topological polar surface area (TPSA) is 81.5 Å². The second kappa shape index (κ2) is 10.2. The summed E-state index contributed by atoms with van der Waals surface area (Å²) in [5, 5.41) is 9.74. The number of aromatic nitrogens is 1. The first-order valence-electron chi connectivity index (χ1n) is 12.1. The van der Waals surface area contributed by atoms with Gasteiger partial charge in [-0.25, -0.2) is 4.99 Å². The molecule has 2 aliphatic rings. The summed E-state index contributed by atoms with van der Waals surface area (Å²) in [5.41, 5.74) is 1.51. The number of carbonyl (C=O) groups is 1. The molecule has 0 aliphatic carbocycles. The Morgan fingerprint density at radius 3 is 2.45 bits per heavy atom. The molecular formula is C27H26F3N5O3. The highest BCUT2D eigenvalue weighted by molar-refractivity contribution is 6.01. The number of rotatable bonds is 5. The smallest absolute Gasteiger partial charge is 0.416 e. The van der Waals surface area contributed by atoms with Crippen molar-refractivity contribution >= 4 is 29.0 Å². The van der Waals surface area contributed by atoms with Gasteiger partial charge in [0.25, 0.3) is 0 Å². The van der Waals surface area contributed by atoms with Crippen molar-refractivity contribution in [1.29, 1.82) is 0 Å². The summed E-state index contributed by atoms with van der Waals surface area (Å²) in [6, 6.07) is 13.6. The molecule has 198 valence electrons. The largest absolute Gasteiger partial charge is 0.497 e. The number of pyridine rings is 1. The maximum atomic E-state index is 13.6. The molecule has 0 saturated carbocycles. The first-order chi connectivity index (χ1) is 18.2. The van der Waals surface area contributed by atoms with Crippen molar-refractivity contribution in [3.8, 4) is 5.75 Å². The summed E-state index contributed by atoms with van der Waals surface area (Å²) >= 11 is 0. The first kappa shape index (κ1) is 25.4. The predicted octanol–water partition coefficient (Wildman–Crippen LogP) is 4.95. The minimum atomic E-state index is -4.55. The summed E-state index contributed by atoms with van der Waals surface area (Å²) in [7, 11) is 1.61. The molecule has 2 aromatic carbocycles. The molecule has 1 fully saturated rings. The van der Waals surface area contributed by atoms with Crippen LogP contribution in [-0.4, -0.2) is 60.2 Å². The fourth-order valence-electron chi connectivity index (χ4n) is 4.89. The third-order valence-electron chi connectivity index (χ3n) is 6.74. The van der Waals surface area contributed by atoms with Crippen LogP contribution in [0, 0.1) is 0 Å². The molecule has 38 heavy (non-hydrogen) atoms. The molecule has 1 unspecified atom stereocenters. The van der Waals surface area contributed by atoms with Crippen LogP contribution in [0.5, 0.6) is 5.75 Å². The van der Waals surface area contributed by atoms with E-state index < -0.39 is 23.8 Å². The number of benzene rings is 2. The van der Waals surface area contributed by atoms with Crippen molar-refractivity contribution < 1.29 is 27.8 Å². The minimum Gasteiger partial charge on any atom is -0.497 e. The van der Waals surface area contributed by atoms with Gasteiger partial charge in [-0.15, -0.1) is 0 Å². The van der Waals surface area contributed by atoms with Gasteiger partial charge < -0.3 is 24.5 Å². The number of alkyl halides is 3. The molecule has 0 radical (unpaired) electrons. The van der Waals surface area contributed by atoms with Gasteiger partial charge in [-0.3, -0.25) is 9.78 Å². The average molecular weight is 526 g/mol. The van der Waals surface area contributed by atoms with E-state index in [9.17, 15) is 23.1 Å². The molecule has 3 heterocycles. The lowest BCUT2D eigenvalue weighted by Crippen LogP contribution is -2.55. The van der Waals surface area contributed by atoms with Crippen LogP contribution < -0.4 is 14.5 Å². The SMILES string of the molecule is COc1cccc(N2CCN(C3=Nc4ccncc4C(CC(=O)O)N3c3cccc(C(F)(F)F)c3)CC2)c1. The van der Waals surface area contributed by atoms with Gasteiger partial charge in [0.15, 0.2) is 0 Å². The number of fused-ring (bicyclic) bond motifs is 1. The van der Waals surface area contributed by atoms with Crippen LogP contribution in [0.2, 0.25) is 0 Å². The van der Waals surface area contributed by atoms with E-state index in [1.54, 1.807) is 30.3 Å². The quantitative estimate of drug-likeness (QED) is 0.505. The number of methoxy groups -OCH3 is 1. The van der Waals surface area contributed by atoms with Gasteiger partial charge in [-0.2, -0.15) is 13.2 Å². The maximum Gasteiger partial charge on any atom is 0.416 e. The molecule has 0 bridgehead atoms. The number of ether oxygens (including phenoxy) is 1. The number of carboxylic acids is 1. The van der Waals surface area contributed by atoms with Crippen molar-refractivity contribution in [1.82, 2.24) is 9.88 Å². The normalized spacial score (nSPS) is 17.6. The number of hydrogen-bond donors (Lipinski definition) is 1. The number of piperazine rings is 1. The molecule has 0 amide bonds. The van der Waals surface area contributed by atoms with E-state index in [1.165, 1.54) is 12.3 Å². The van der Waals surface area contributed by atoms with Gasteiger partial charge in [-0.05, 0) is 36.4 Å². The Morgan fingerprint density at radius 2 is 1.74 bits per heavy atom. The summed E-state index contributed by atoms with van der Waals surface area (Å²) < 4.78 is 46.2. The van der Waals surface area contributed by atoms with Gasteiger partial charge in [0, 0.05) is 61.6 Å². The molecular weight excluding hydrogens is 499 g/mol. The molecule has 2 aliphatic heterocycles. The lowest BCUT2D eigenvalue weighted by molar-refractivity contribution is -0.138. The van der Waals surface area contributed by atoms with E-state index in [0.29, 0.717) is 43.4 Å². The first-order valence-corrected chi connectivity index (χ1v) is 12.1. The highest BCUT2D eigenvalue weighted by atomic mass is 19.4. The highest BCUT2D eigenvalue weighted by Gasteiger charge is 2.38. The fourth-order valence-corrected chi connectivity index (χ4v) is 4.89. The lowest BCUT2D eigenvalue weighted by Gasteiger charge is -2.45. The number of guanidine groups is 1. The lowest BCUT2D eigenvalue weighted by atomic mass is 9.99. The molecule has 1 N–H and O–H groups in total. The van der Waals surface area contributed by atoms with Gasteiger partial charge in [0.05, 0.1) is 30.8 Å². The van der Waals surface area contributed by atoms with Crippen molar-refractivity contribution in [3.05, 3.63) is 78.1 Å². The number of aliphatic imine (C=N–C) groups is 1. The van der Waals surface area contributed by atoms with E-state index >= 15 is 0 Å². The zero-order valence-corrected chi connectivity index (χ0v) is 20.6. The van der Waals surface area contributed by atoms with Gasteiger partial charge in [0.2, 0.25) is 5.96 Å². The van der Waals surface area contributed by atoms with E-state index in [4.69, 9.17) is 9.73 Å². The van der Waals surface area contributed by atoms with Crippen molar-refractivity contribution in [3.63, 3.8) is 0 Å². The molecule has 0 spiro atoms. The summed E-state index contributed by atoms with van der Waals surface area (Å²) in [6.45, 7) is 2.34. The maximum absolute atomic E-state index is 13.6. The number of halogens is 3.